The molecule has 1 aromatic carbocycles. The SMILES string of the molecule is COc1cc(C(N)CCS)c(OC)c(C)c1C. The topological polar surface area (TPSA) is 44.5 Å². The van der Waals surface area contributed by atoms with Crippen LogP contribution in [0.15, 0.2) is 6.07 Å². The summed E-state index contributed by atoms with van der Waals surface area (Å²) in [4.78, 5) is 0. The smallest absolute Gasteiger partial charge is 0.127 e. The minimum Gasteiger partial charge on any atom is -0.496 e. The maximum atomic E-state index is 6.14. The maximum absolute atomic E-state index is 6.14. The highest BCUT2D eigenvalue weighted by atomic mass is 32.1. The van der Waals surface area contributed by atoms with Gasteiger partial charge in [-0.15, -0.1) is 0 Å². The van der Waals surface area contributed by atoms with Crippen LogP contribution in [0.4, 0.5) is 0 Å². The van der Waals surface area contributed by atoms with Crippen molar-refractivity contribution in [1.82, 2.24) is 0 Å². The molecule has 0 aliphatic heterocycles. The molecule has 0 bridgehead atoms. The summed E-state index contributed by atoms with van der Waals surface area (Å²) in [7, 11) is 3.34. The molecule has 0 aliphatic rings. The number of rotatable bonds is 5. The van der Waals surface area contributed by atoms with Gasteiger partial charge in [-0.2, -0.15) is 12.6 Å². The highest BCUT2D eigenvalue weighted by Gasteiger charge is 2.18. The molecule has 0 saturated heterocycles. The quantitative estimate of drug-likeness (QED) is 0.795. The van der Waals surface area contributed by atoms with Crippen LogP contribution in [-0.2, 0) is 0 Å². The number of ether oxygens (including phenoxy) is 2. The second-order valence-electron chi connectivity index (χ2n) is 4.07. The van der Waals surface area contributed by atoms with E-state index in [4.69, 9.17) is 15.2 Å². The fourth-order valence-electron chi connectivity index (χ4n) is 1.94. The molecule has 1 atom stereocenters. The first-order chi connectivity index (χ1) is 8.06. The first kappa shape index (κ1) is 14.2. The predicted molar refractivity (Wildman–Crippen MR) is 74.4 cm³/mol. The van der Waals surface area contributed by atoms with Crippen molar-refractivity contribution < 1.29 is 9.47 Å². The van der Waals surface area contributed by atoms with Crippen LogP contribution >= 0.6 is 12.6 Å². The van der Waals surface area contributed by atoms with Gasteiger partial charge in [0.1, 0.15) is 11.5 Å². The Kier molecular flexibility index (Phi) is 5.15. The minimum absolute atomic E-state index is 0.0735. The first-order valence-electron chi connectivity index (χ1n) is 5.65. The molecule has 0 saturated carbocycles. The van der Waals surface area contributed by atoms with Crippen molar-refractivity contribution in [3.05, 3.63) is 22.8 Å². The van der Waals surface area contributed by atoms with E-state index in [2.05, 4.69) is 12.6 Å². The summed E-state index contributed by atoms with van der Waals surface area (Å²) in [5, 5.41) is 0. The molecule has 1 aromatic rings. The third-order valence-electron chi connectivity index (χ3n) is 3.09. The van der Waals surface area contributed by atoms with E-state index in [1.807, 2.05) is 19.9 Å². The van der Waals surface area contributed by atoms with Crippen molar-refractivity contribution in [3.8, 4) is 11.5 Å². The summed E-state index contributed by atoms with van der Waals surface area (Å²) in [5.74, 6) is 2.46. The normalized spacial score (nSPS) is 12.4. The average molecular weight is 255 g/mol. The highest BCUT2D eigenvalue weighted by Crippen LogP contribution is 2.36. The van der Waals surface area contributed by atoms with Crippen LogP contribution < -0.4 is 15.2 Å². The van der Waals surface area contributed by atoms with Crippen molar-refractivity contribution in [3.63, 3.8) is 0 Å². The van der Waals surface area contributed by atoms with Gasteiger partial charge in [-0.25, -0.2) is 0 Å². The molecule has 0 heterocycles. The molecule has 96 valence electrons. The zero-order chi connectivity index (χ0) is 13.0. The molecular weight excluding hydrogens is 234 g/mol. The van der Waals surface area contributed by atoms with Crippen LogP contribution in [0.3, 0.4) is 0 Å². The first-order valence-corrected chi connectivity index (χ1v) is 6.28. The van der Waals surface area contributed by atoms with E-state index in [0.29, 0.717) is 0 Å². The monoisotopic (exact) mass is 255 g/mol. The molecule has 1 unspecified atom stereocenters. The van der Waals surface area contributed by atoms with Gasteiger partial charge in [0.05, 0.1) is 14.2 Å². The molecule has 0 aliphatic carbocycles. The molecule has 1 rings (SSSR count). The van der Waals surface area contributed by atoms with Gasteiger partial charge in [-0.1, -0.05) is 0 Å². The van der Waals surface area contributed by atoms with Crippen LogP contribution in [-0.4, -0.2) is 20.0 Å². The Labute approximate surface area is 109 Å². The molecule has 0 spiro atoms. The Bertz CT molecular complexity index is 393. The maximum Gasteiger partial charge on any atom is 0.127 e. The fourth-order valence-corrected chi connectivity index (χ4v) is 2.22. The lowest BCUT2D eigenvalue weighted by molar-refractivity contribution is 0.389. The van der Waals surface area contributed by atoms with Crippen LogP contribution in [0.25, 0.3) is 0 Å². The Morgan fingerprint density at radius 1 is 1.24 bits per heavy atom. The summed E-state index contributed by atoms with van der Waals surface area (Å²) in [6, 6.07) is 1.89. The van der Waals surface area contributed by atoms with Crippen molar-refractivity contribution in [2.45, 2.75) is 26.3 Å². The van der Waals surface area contributed by atoms with Gasteiger partial charge >= 0.3 is 0 Å². The van der Waals surface area contributed by atoms with Crippen LogP contribution in [0, 0.1) is 13.8 Å². The number of methoxy groups -OCH3 is 2. The van der Waals surface area contributed by atoms with Crippen molar-refractivity contribution in [1.29, 1.82) is 0 Å². The van der Waals surface area contributed by atoms with Gasteiger partial charge in [0.2, 0.25) is 0 Å². The summed E-state index contributed by atoms with van der Waals surface area (Å²) in [5.41, 5.74) is 9.30. The van der Waals surface area contributed by atoms with Crippen molar-refractivity contribution in [2.75, 3.05) is 20.0 Å². The Morgan fingerprint density at radius 3 is 2.35 bits per heavy atom. The van der Waals surface area contributed by atoms with E-state index in [1.54, 1.807) is 14.2 Å². The lowest BCUT2D eigenvalue weighted by atomic mass is 9.97. The fraction of sp³-hybridized carbons (Fsp3) is 0.538. The number of benzene rings is 1. The summed E-state index contributed by atoms with van der Waals surface area (Å²) < 4.78 is 10.8. The number of hydrogen-bond donors (Lipinski definition) is 2. The van der Waals surface area contributed by atoms with Crippen LogP contribution in [0.1, 0.15) is 29.2 Å². The molecule has 3 nitrogen and oxygen atoms in total. The second-order valence-corrected chi connectivity index (χ2v) is 4.52. The highest BCUT2D eigenvalue weighted by molar-refractivity contribution is 7.80. The number of hydrogen-bond acceptors (Lipinski definition) is 4. The molecule has 0 aromatic heterocycles. The van der Waals surface area contributed by atoms with E-state index >= 15 is 0 Å². The summed E-state index contributed by atoms with van der Waals surface area (Å²) >= 11 is 4.22. The Balaban J connectivity index is 3.31. The zero-order valence-corrected chi connectivity index (χ0v) is 11.8. The second kappa shape index (κ2) is 6.17. The third kappa shape index (κ3) is 2.87. The Hall–Kier alpha value is -0.870. The molecule has 0 amide bonds. The number of nitrogens with two attached hydrogens (primary N) is 1. The summed E-state index contributed by atoms with van der Waals surface area (Å²) in [6.45, 7) is 4.04. The number of thiol groups is 1. The molecule has 0 fully saturated rings. The molecule has 17 heavy (non-hydrogen) atoms. The zero-order valence-electron chi connectivity index (χ0n) is 10.9. The third-order valence-corrected chi connectivity index (χ3v) is 3.34. The lowest BCUT2D eigenvalue weighted by Crippen LogP contribution is -2.13. The molecule has 0 radical (unpaired) electrons. The van der Waals surface area contributed by atoms with E-state index in [1.165, 1.54) is 0 Å². The summed E-state index contributed by atoms with van der Waals surface area (Å²) in [6.07, 6.45) is 0.811. The largest absolute Gasteiger partial charge is 0.496 e. The van der Waals surface area contributed by atoms with E-state index < -0.39 is 0 Å². The predicted octanol–water partition coefficient (Wildman–Crippen LogP) is 2.64. The molecule has 2 N–H and O–H groups in total. The van der Waals surface area contributed by atoms with Crippen LogP contribution in [0.2, 0.25) is 0 Å². The van der Waals surface area contributed by atoms with E-state index in [9.17, 15) is 0 Å². The van der Waals surface area contributed by atoms with Crippen molar-refractivity contribution >= 4 is 12.6 Å². The van der Waals surface area contributed by atoms with Gasteiger partial charge in [-0.3, -0.25) is 0 Å². The van der Waals surface area contributed by atoms with Crippen molar-refractivity contribution in [2.24, 2.45) is 5.73 Å². The van der Waals surface area contributed by atoms with Gasteiger partial charge < -0.3 is 15.2 Å². The lowest BCUT2D eigenvalue weighted by Gasteiger charge is -2.20. The Morgan fingerprint density at radius 2 is 1.88 bits per heavy atom. The van der Waals surface area contributed by atoms with Gasteiger partial charge in [0.15, 0.2) is 0 Å². The standard InChI is InChI=1S/C13H21NO2S/c1-8-9(2)13(16-4)10(7-12(8)15-3)11(14)5-6-17/h7,11,17H,5-6,14H2,1-4H3. The minimum atomic E-state index is -0.0735. The van der Waals surface area contributed by atoms with Gasteiger partial charge in [0, 0.05) is 11.6 Å². The average Bonchev–Trinajstić information content (AvgIpc) is 2.32. The van der Waals surface area contributed by atoms with Crippen LogP contribution in [0.5, 0.6) is 11.5 Å². The van der Waals surface area contributed by atoms with E-state index in [0.717, 1.165) is 40.4 Å². The molecule has 4 heteroatoms. The van der Waals surface area contributed by atoms with Gasteiger partial charge in [-0.05, 0) is 43.2 Å². The van der Waals surface area contributed by atoms with Gasteiger partial charge in [0.25, 0.3) is 0 Å². The van der Waals surface area contributed by atoms with E-state index in [-0.39, 0.29) is 6.04 Å². The molecular formula is C13H21NO2S.